The molecule has 5 nitrogen and oxygen atoms in total. The van der Waals surface area contributed by atoms with Crippen LogP contribution in [0.5, 0.6) is 0 Å². The van der Waals surface area contributed by atoms with Crippen LogP contribution >= 0.6 is 0 Å². The van der Waals surface area contributed by atoms with Gasteiger partial charge in [0.2, 0.25) is 0 Å². The van der Waals surface area contributed by atoms with Gasteiger partial charge in [-0.15, -0.1) is 0 Å². The summed E-state index contributed by atoms with van der Waals surface area (Å²) in [6.45, 7) is 3.71. The van der Waals surface area contributed by atoms with E-state index in [1.807, 2.05) is 30.3 Å². The van der Waals surface area contributed by atoms with Crippen LogP contribution in [0.4, 0.5) is 0 Å². The third kappa shape index (κ3) is 4.97. The maximum absolute atomic E-state index is 13.7. The van der Waals surface area contributed by atoms with E-state index in [1.165, 1.54) is 18.4 Å². The molecule has 1 unspecified atom stereocenters. The van der Waals surface area contributed by atoms with E-state index < -0.39 is 0 Å². The van der Waals surface area contributed by atoms with Crippen LogP contribution in [0.2, 0.25) is 0 Å². The number of nitrogens with one attached hydrogen (secondary N) is 1. The van der Waals surface area contributed by atoms with Crippen molar-refractivity contribution in [3.8, 4) is 11.4 Å². The molecule has 156 valence electrons. The van der Waals surface area contributed by atoms with Crippen molar-refractivity contribution in [2.24, 2.45) is 5.92 Å². The van der Waals surface area contributed by atoms with Crippen LogP contribution in [0.25, 0.3) is 11.4 Å². The van der Waals surface area contributed by atoms with E-state index in [-0.39, 0.29) is 5.91 Å². The lowest BCUT2D eigenvalue weighted by molar-refractivity contribution is 0.0694. The van der Waals surface area contributed by atoms with Crippen molar-refractivity contribution < 1.29 is 4.79 Å². The molecule has 5 heteroatoms. The highest BCUT2D eigenvalue weighted by Gasteiger charge is 2.25. The van der Waals surface area contributed by atoms with Gasteiger partial charge in [0.05, 0.1) is 5.56 Å². The van der Waals surface area contributed by atoms with Crippen molar-refractivity contribution in [3.63, 3.8) is 0 Å². The molecule has 2 aromatic carbocycles. The number of amides is 1. The Kier molecular flexibility index (Phi) is 6.60. The van der Waals surface area contributed by atoms with Gasteiger partial charge in [0.1, 0.15) is 5.82 Å². The molecular formula is C25H30N4O. The van der Waals surface area contributed by atoms with Crippen LogP contribution in [-0.4, -0.2) is 58.9 Å². The third-order valence-electron chi connectivity index (χ3n) is 5.91. The second-order valence-corrected chi connectivity index (χ2v) is 8.24. The number of aromatic nitrogens is 2. The zero-order valence-corrected chi connectivity index (χ0v) is 17.6. The Bertz CT molecular complexity index is 939. The topological polar surface area (TPSA) is 52.2 Å². The molecule has 4 rings (SSSR count). The first-order valence-electron chi connectivity index (χ1n) is 10.8. The number of piperidine rings is 1. The molecule has 1 aromatic heterocycles. The van der Waals surface area contributed by atoms with Gasteiger partial charge in [-0.1, -0.05) is 48.5 Å². The number of imidazole rings is 1. The predicted octanol–water partition coefficient (Wildman–Crippen LogP) is 4.10. The van der Waals surface area contributed by atoms with Crippen molar-refractivity contribution in [1.29, 1.82) is 0 Å². The molecule has 1 N–H and O–H groups in total. The van der Waals surface area contributed by atoms with Crippen LogP contribution in [0, 0.1) is 5.92 Å². The average molecular weight is 403 g/mol. The van der Waals surface area contributed by atoms with Crippen molar-refractivity contribution in [2.45, 2.75) is 19.3 Å². The number of benzene rings is 2. The summed E-state index contributed by atoms with van der Waals surface area (Å²) in [5.74, 6) is 1.34. The monoisotopic (exact) mass is 402 g/mol. The first-order chi connectivity index (χ1) is 14.7. The minimum absolute atomic E-state index is 0.0890. The maximum atomic E-state index is 13.7. The third-order valence-corrected chi connectivity index (χ3v) is 5.91. The van der Waals surface area contributed by atoms with Crippen molar-refractivity contribution in [2.75, 3.05) is 33.2 Å². The predicted molar refractivity (Wildman–Crippen MR) is 120 cm³/mol. The summed E-state index contributed by atoms with van der Waals surface area (Å²) in [6, 6.07) is 18.2. The summed E-state index contributed by atoms with van der Waals surface area (Å²) in [4.78, 5) is 25.7. The average Bonchev–Trinajstić information content (AvgIpc) is 3.32. The van der Waals surface area contributed by atoms with E-state index in [9.17, 15) is 4.79 Å². The van der Waals surface area contributed by atoms with Crippen molar-refractivity contribution >= 4 is 5.91 Å². The Morgan fingerprint density at radius 1 is 1.17 bits per heavy atom. The van der Waals surface area contributed by atoms with E-state index in [2.05, 4.69) is 51.1 Å². The Balaban J connectivity index is 1.57. The fourth-order valence-corrected chi connectivity index (χ4v) is 4.38. The van der Waals surface area contributed by atoms with E-state index in [0.717, 1.165) is 44.0 Å². The van der Waals surface area contributed by atoms with Crippen LogP contribution in [-0.2, 0) is 6.42 Å². The van der Waals surface area contributed by atoms with E-state index >= 15 is 0 Å². The van der Waals surface area contributed by atoms with Gasteiger partial charge in [0.15, 0.2) is 0 Å². The number of carbonyl (C=O) groups is 1. The summed E-state index contributed by atoms with van der Waals surface area (Å²) in [7, 11) is 2.18. The van der Waals surface area contributed by atoms with E-state index in [1.54, 1.807) is 12.4 Å². The number of H-pyrrole nitrogens is 1. The SMILES string of the molecule is CN1CCCC(CN(CCc2ccccc2)C(=O)c2ccccc2-c2ncc[nH]2)C1. The summed E-state index contributed by atoms with van der Waals surface area (Å²) in [5.41, 5.74) is 2.83. The molecule has 30 heavy (non-hydrogen) atoms. The molecule has 1 atom stereocenters. The van der Waals surface area contributed by atoms with Crippen LogP contribution in [0.15, 0.2) is 67.0 Å². The molecule has 0 saturated carbocycles. The fraction of sp³-hybridized carbons (Fsp3) is 0.360. The highest BCUT2D eigenvalue weighted by molar-refractivity contribution is 6.00. The molecule has 0 radical (unpaired) electrons. The van der Waals surface area contributed by atoms with Crippen LogP contribution < -0.4 is 0 Å². The number of hydrogen-bond donors (Lipinski definition) is 1. The Labute approximate surface area is 178 Å². The zero-order valence-electron chi connectivity index (χ0n) is 17.6. The van der Waals surface area contributed by atoms with Gasteiger partial charge in [0, 0.05) is 37.6 Å². The molecule has 0 spiro atoms. The second-order valence-electron chi connectivity index (χ2n) is 8.24. The Morgan fingerprint density at radius 2 is 1.97 bits per heavy atom. The largest absolute Gasteiger partial charge is 0.345 e. The highest BCUT2D eigenvalue weighted by Crippen LogP contribution is 2.23. The summed E-state index contributed by atoms with van der Waals surface area (Å²) >= 11 is 0. The minimum Gasteiger partial charge on any atom is -0.345 e. The lowest BCUT2D eigenvalue weighted by Gasteiger charge is -2.34. The van der Waals surface area contributed by atoms with E-state index in [0.29, 0.717) is 11.5 Å². The quantitative estimate of drug-likeness (QED) is 0.647. The van der Waals surface area contributed by atoms with Gasteiger partial charge in [-0.05, 0) is 50.4 Å². The first kappa shape index (κ1) is 20.4. The number of rotatable bonds is 7. The smallest absolute Gasteiger partial charge is 0.254 e. The number of hydrogen-bond acceptors (Lipinski definition) is 3. The summed E-state index contributed by atoms with van der Waals surface area (Å²) in [6.07, 6.45) is 6.76. The minimum atomic E-state index is 0.0890. The Hall–Kier alpha value is -2.92. The van der Waals surface area contributed by atoms with Crippen molar-refractivity contribution in [3.05, 3.63) is 78.1 Å². The van der Waals surface area contributed by atoms with Gasteiger partial charge in [-0.2, -0.15) is 0 Å². The number of carbonyl (C=O) groups excluding carboxylic acids is 1. The molecule has 1 aliphatic rings. The van der Waals surface area contributed by atoms with Gasteiger partial charge in [0.25, 0.3) is 5.91 Å². The molecule has 1 fully saturated rings. The lowest BCUT2D eigenvalue weighted by Crippen LogP contribution is -2.42. The molecule has 2 heterocycles. The van der Waals surface area contributed by atoms with Crippen molar-refractivity contribution in [1.82, 2.24) is 19.8 Å². The van der Waals surface area contributed by atoms with Crippen LogP contribution in [0.3, 0.4) is 0 Å². The molecule has 0 bridgehead atoms. The zero-order chi connectivity index (χ0) is 20.8. The Morgan fingerprint density at radius 3 is 2.73 bits per heavy atom. The number of likely N-dealkylation sites (tertiary alicyclic amines) is 1. The first-order valence-corrected chi connectivity index (χ1v) is 10.8. The van der Waals surface area contributed by atoms with Crippen LogP contribution in [0.1, 0.15) is 28.8 Å². The maximum Gasteiger partial charge on any atom is 0.254 e. The molecule has 1 saturated heterocycles. The summed E-state index contributed by atoms with van der Waals surface area (Å²) < 4.78 is 0. The van der Waals surface area contributed by atoms with E-state index in [4.69, 9.17) is 0 Å². The molecular weight excluding hydrogens is 372 g/mol. The highest BCUT2D eigenvalue weighted by atomic mass is 16.2. The molecule has 0 aliphatic carbocycles. The van der Waals surface area contributed by atoms with Gasteiger partial charge < -0.3 is 14.8 Å². The standard InChI is InChI=1S/C25H30N4O/c1-28-16-7-10-21(18-28)19-29(17-13-20-8-3-2-4-9-20)25(30)23-12-6-5-11-22(23)24-26-14-15-27-24/h2-6,8-9,11-12,14-15,21H,7,10,13,16-19H2,1H3,(H,26,27). The van der Waals surface area contributed by atoms with Gasteiger partial charge >= 0.3 is 0 Å². The van der Waals surface area contributed by atoms with Gasteiger partial charge in [-0.25, -0.2) is 4.98 Å². The molecule has 1 aliphatic heterocycles. The normalized spacial score (nSPS) is 17.0. The fourth-order valence-electron chi connectivity index (χ4n) is 4.38. The summed E-state index contributed by atoms with van der Waals surface area (Å²) in [5, 5.41) is 0. The lowest BCUT2D eigenvalue weighted by atomic mass is 9.96. The molecule has 1 amide bonds. The number of nitrogens with zero attached hydrogens (tertiary/aromatic N) is 3. The van der Waals surface area contributed by atoms with Gasteiger partial charge in [-0.3, -0.25) is 4.79 Å². The number of aromatic amines is 1. The second kappa shape index (κ2) is 9.72. The molecule has 3 aromatic rings.